The van der Waals surface area contributed by atoms with Crippen LogP contribution < -0.4 is 16.0 Å². The highest BCUT2D eigenvalue weighted by Gasteiger charge is 2.21. The van der Waals surface area contributed by atoms with Crippen LogP contribution in [0, 0.1) is 11.3 Å². The maximum absolute atomic E-state index is 12.2. The number of hydrogen-bond donors (Lipinski definition) is 3. The number of carbonyl (C=O) groups excluding carboxylic acids is 1. The van der Waals surface area contributed by atoms with Gasteiger partial charge < -0.3 is 20.9 Å². The molecule has 2 aromatic heterocycles. The van der Waals surface area contributed by atoms with Gasteiger partial charge in [-0.1, -0.05) is 18.2 Å². The Bertz CT molecular complexity index is 1410. The lowest BCUT2D eigenvalue weighted by atomic mass is 9.89. The van der Waals surface area contributed by atoms with Gasteiger partial charge in [-0.3, -0.25) is 9.69 Å². The maximum atomic E-state index is 12.2. The summed E-state index contributed by atoms with van der Waals surface area (Å²) in [7, 11) is 1.92. The number of primary amides is 1. The molecule has 0 atom stereocenters. The molecule has 0 radical (unpaired) electrons. The standard InChI is InChI=1S/C28H29N7O/c1-34(25-4-2-3-24-22(25)9-13-31-24)26-17-27(32-18-23(26)28(30)36)33-21-7-5-19(6-8-21)20-10-14-35(15-11-20)16-12-29/h2-9,13,17-18,20,31H,10-11,14-16H2,1H3,(H2,30,36)(H,32,33). The number of hydrogen-bond acceptors (Lipinski definition) is 6. The lowest BCUT2D eigenvalue weighted by Crippen LogP contribution is -2.33. The summed E-state index contributed by atoms with van der Waals surface area (Å²) < 4.78 is 0. The van der Waals surface area contributed by atoms with Crippen LogP contribution in [0.1, 0.15) is 34.7 Å². The molecule has 8 heteroatoms. The molecule has 0 bridgehead atoms. The van der Waals surface area contributed by atoms with Crippen molar-refractivity contribution in [3.05, 3.63) is 78.1 Å². The fourth-order valence-electron chi connectivity index (χ4n) is 4.98. The Balaban J connectivity index is 1.36. The fraction of sp³-hybridized carbons (Fsp3) is 0.250. The molecule has 0 unspecified atom stereocenters. The van der Waals surface area contributed by atoms with E-state index in [9.17, 15) is 4.79 Å². The predicted octanol–water partition coefficient (Wildman–Crippen LogP) is 4.88. The summed E-state index contributed by atoms with van der Waals surface area (Å²) in [5.41, 5.74) is 10.9. The number of aromatic amines is 1. The highest BCUT2D eigenvalue weighted by atomic mass is 16.1. The molecule has 0 spiro atoms. The first-order chi connectivity index (χ1) is 17.5. The van der Waals surface area contributed by atoms with Crippen LogP contribution in [-0.2, 0) is 0 Å². The van der Waals surface area contributed by atoms with E-state index in [2.05, 4.69) is 50.5 Å². The Morgan fingerprint density at radius 1 is 1.19 bits per heavy atom. The molecule has 4 N–H and O–H groups in total. The lowest BCUT2D eigenvalue weighted by molar-refractivity contribution is 0.100. The number of amides is 1. The molecule has 1 saturated heterocycles. The minimum atomic E-state index is -0.526. The van der Waals surface area contributed by atoms with Crippen LogP contribution in [0.15, 0.2) is 67.0 Å². The minimum absolute atomic E-state index is 0.355. The SMILES string of the molecule is CN(c1cc(Nc2ccc(C3CCN(CC#N)CC3)cc2)ncc1C(N)=O)c1cccc2[nH]ccc12. The van der Waals surface area contributed by atoms with E-state index in [0.717, 1.165) is 48.2 Å². The van der Waals surface area contributed by atoms with Gasteiger partial charge in [0.2, 0.25) is 0 Å². The van der Waals surface area contributed by atoms with Crippen molar-refractivity contribution < 1.29 is 4.79 Å². The van der Waals surface area contributed by atoms with Gasteiger partial charge in [-0.2, -0.15) is 5.26 Å². The van der Waals surface area contributed by atoms with E-state index in [1.807, 2.05) is 48.5 Å². The van der Waals surface area contributed by atoms with Crippen molar-refractivity contribution in [2.45, 2.75) is 18.8 Å². The van der Waals surface area contributed by atoms with Gasteiger partial charge in [-0.25, -0.2) is 4.98 Å². The Morgan fingerprint density at radius 2 is 1.97 bits per heavy atom. The summed E-state index contributed by atoms with van der Waals surface area (Å²) in [4.78, 5) is 24.0. The Morgan fingerprint density at radius 3 is 2.69 bits per heavy atom. The molecule has 1 fully saturated rings. The summed E-state index contributed by atoms with van der Waals surface area (Å²) in [6.07, 6.45) is 5.55. The van der Waals surface area contributed by atoms with Crippen molar-refractivity contribution in [1.82, 2.24) is 14.9 Å². The Labute approximate surface area is 210 Å². The molecule has 36 heavy (non-hydrogen) atoms. The van der Waals surface area contributed by atoms with Gasteiger partial charge in [0.15, 0.2) is 0 Å². The topological polar surface area (TPSA) is 114 Å². The molecule has 8 nitrogen and oxygen atoms in total. The molecule has 2 aromatic carbocycles. The Hall–Kier alpha value is -4.35. The molecular formula is C28H29N7O. The number of likely N-dealkylation sites (tertiary alicyclic amines) is 1. The van der Waals surface area contributed by atoms with Gasteiger partial charge in [-0.05, 0) is 67.7 Å². The number of nitrogens with two attached hydrogens (primary N) is 1. The predicted molar refractivity (Wildman–Crippen MR) is 143 cm³/mol. The van der Waals surface area contributed by atoms with Gasteiger partial charge in [0.1, 0.15) is 5.82 Å². The van der Waals surface area contributed by atoms with Gasteiger partial charge >= 0.3 is 0 Å². The highest BCUT2D eigenvalue weighted by molar-refractivity contribution is 6.02. The number of benzene rings is 2. The summed E-state index contributed by atoms with van der Waals surface area (Å²) in [5, 5.41) is 13.3. The number of pyridine rings is 1. The van der Waals surface area contributed by atoms with Gasteiger partial charge in [-0.15, -0.1) is 0 Å². The lowest BCUT2D eigenvalue weighted by Gasteiger charge is -2.30. The van der Waals surface area contributed by atoms with Crippen molar-refractivity contribution in [2.75, 3.05) is 36.9 Å². The van der Waals surface area contributed by atoms with Crippen molar-refractivity contribution in [1.29, 1.82) is 5.26 Å². The number of carbonyl (C=O) groups is 1. The average Bonchev–Trinajstić information content (AvgIpc) is 3.38. The van der Waals surface area contributed by atoms with Gasteiger partial charge in [0, 0.05) is 42.1 Å². The zero-order valence-corrected chi connectivity index (χ0v) is 20.2. The fourth-order valence-corrected chi connectivity index (χ4v) is 4.98. The number of anilines is 4. The van der Waals surface area contributed by atoms with Crippen LogP contribution in [0.2, 0.25) is 0 Å². The molecule has 182 valence electrons. The van der Waals surface area contributed by atoms with Crippen LogP contribution in [-0.4, -0.2) is 47.5 Å². The smallest absolute Gasteiger partial charge is 0.252 e. The zero-order chi connectivity index (χ0) is 25.1. The summed E-state index contributed by atoms with van der Waals surface area (Å²) >= 11 is 0. The summed E-state index contributed by atoms with van der Waals surface area (Å²) in [6.45, 7) is 2.43. The van der Waals surface area contributed by atoms with Gasteiger partial charge in [0.25, 0.3) is 5.91 Å². The Kier molecular flexibility index (Phi) is 6.56. The molecule has 4 aromatic rings. The van der Waals surface area contributed by atoms with Gasteiger partial charge in [0.05, 0.1) is 29.6 Å². The molecule has 3 heterocycles. The summed E-state index contributed by atoms with van der Waals surface area (Å²) in [6, 6.07) is 20.5. The largest absolute Gasteiger partial charge is 0.365 e. The number of rotatable bonds is 7. The molecular weight excluding hydrogens is 450 g/mol. The molecule has 1 aliphatic heterocycles. The molecule has 1 amide bonds. The highest BCUT2D eigenvalue weighted by Crippen LogP contribution is 2.34. The number of nitriles is 1. The molecule has 0 aliphatic carbocycles. The van der Waals surface area contributed by atoms with E-state index in [1.165, 1.54) is 11.8 Å². The first kappa shape index (κ1) is 23.4. The number of nitrogens with zero attached hydrogens (tertiary/aromatic N) is 4. The second-order valence-corrected chi connectivity index (χ2v) is 9.18. The van der Waals surface area contributed by atoms with E-state index >= 15 is 0 Å². The van der Waals surface area contributed by atoms with Crippen LogP contribution in [0.5, 0.6) is 0 Å². The van der Waals surface area contributed by atoms with Crippen LogP contribution in [0.25, 0.3) is 10.9 Å². The second-order valence-electron chi connectivity index (χ2n) is 9.18. The van der Waals surface area contributed by atoms with Crippen molar-refractivity contribution in [3.8, 4) is 6.07 Å². The third-order valence-electron chi connectivity index (χ3n) is 6.98. The number of nitrogens with one attached hydrogen (secondary N) is 2. The molecule has 1 aliphatic rings. The first-order valence-corrected chi connectivity index (χ1v) is 12.1. The second kappa shape index (κ2) is 10.1. The minimum Gasteiger partial charge on any atom is -0.365 e. The summed E-state index contributed by atoms with van der Waals surface area (Å²) in [5.74, 6) is 0.612. The normalized spacial score (nSPS) is 14.4. The monoisotopic (exact) mass is 479 g/mol. The third-order valence-corrected chi connectivity index (χ3v) is 6.98. The van der Waals surface area contributed by atoms with E-state index in [1.54, 1.807) is 0 Å². The van der Waals surface area contributed by atoms with Crippen LogP contribution in [0.4, 0.5) is 22.9 Å². The number of fused-ring (bicyclic) bond motifs is 1. The van der Waals surface area contributed by atoms with E-state index < -0.39 is 5.91 Å². The van der Waals surface area contributed by atoms with Crippen LogP contribution in [0.3, 0.4) is 0 Å². The van der Waals surface area contributed by atoms with Crippen molar-refractivity contribution in [2.24, 2.45) is 5.73 Å². The number of piperidine rings is 1. The first-order valence-electron chi connectivity index (χ1n) is 12.1. The van der Waals surface area contributed by atoms with E-state index in [-0.39, 0.29) is 0 Å². The zero-order valence-electron chi connectivity index (χ0n) is 20.2. The van der Waals surface area contributed by atoms with Crippen molar-refractivity contribution in [3.63, 3.8) is 0 Å². The average molecular weight is 480 g/mol. The van der Waals surface area contributed by atoms with Crippen molar-refractivity contribution >= 4 is 39.7 Å². The molecule has 5 rings (SSSR count). The molecule has 0 saturated carbocycles. The maximum Gasteiger partial charge on any atom is 0.252 e. The third kappa shape index (κ3) is 4.74. The van der Waals surface area contributed by atoms with E-state index in [4.69, 9.17) is 11.0 Å². The quantitative estimate of drug-likeness (QED) is 0.326. The van der Waals surface area contributed by atoms with Crippen LogP contribution >= 0.6 is 0 Å². The van der Waals surface area contributed by atoms with E-state index in [0.29, 0.717) is 29.5 Å². The number of H-pyrrole nitrogens is 1. The number of aromatic nitrogens is 2.